The van der Waals surface area contributed by atoms with Gasteiger partial charge in [-0.05, 0) is 18.1 Å². The van der Waals surface area contributed by atoms with E-state index in [0.29, 0.717) is 18.5 Å². The molecule has 0 amide bonds. The fourth-order valence-corrected chi connectivity index (χ4v) is 2.01. The standard InChI is InChI=1S/C15H16N2O2/c1-2-13(11-18)14-8-9-16-17(15(14)19)10-12-6-4-3-5-7-12/h3-9,11,13H,2,10H2,1H3. The van der Waals surface area contributed by atoms with Gasteiger partial charge in [-0.3, -0.25) is 4.79 Å². The molecule has 0 aliphatic rings. The second-order valence-corrected chi connectivity index (χ2v) is 4.39. The normalized spacial score (nSPS) is 12.1. The number of rotatable bonds is 5. The van der Waals surface area contributed by atoms with Crippen molar-refractivity contribution in [2.24, 2.45) is 0 Å². The Labute approximate surface area is 111 Å². The summed E-state index contributed by atoms with van der Waals surface area (Å²) in [5.41, 5.74) is 1.34. The lowest BCUT2D eigenvalue weighted by molar-refractivity contribution is -0.109. The van der Waals surface area contributed by atoms with E-state index in [9.17, 15) is 9.59 Å². The molecule has 1 heterocycles. The average Bonchev–Trinajstić information content (AvgIpc) is 2.45. The van der Waals surface area contributed by atoms with Gasteiger partial charge in [0, 0.05) is 17.7 Å². The minimum absolute atomic E-state index is 0.190. The third-order valence-corrected chi connectivity index (χ3v) is 3.12. The molecule has 4 nitrogen and oxygen atoms in total. The molecule has 98 valence electrons. The van der Waals surface area contributed by atoms with E-state index in [1.807, 2.05) is 37.3 Å². The van der Waals surface area contributed by atoms with Gasteiger partial charge in [0.05, 0.1) is 6.54 Å². The molecular weight excluding hydrogens is 240 g/mol. The highest BCUT2D eigenvalue weighted by Gasteiger charge is 2.14. The number of carbonyl (C=O) groups is 1. The highest BCUT2D eigenvalue weighted by atomic mass is 16.1. The number of aromatic nitrogens is 2. The van der Waals surface area contributed by atoms with Crippen LogP contribution in [0.15, 0.2) is 47.4 Å². The first-order chi connectivity index (χ1) is 9.26. The molecule has 1 aromatic carbocycles. The molecule has 1 unspecified atom stereocenters. The number of carbonyl (C=O) groups excluding carboxylic acids is 1. The smallest absolute Gasteiger partial charge is 0.270 e. The topological polar surface area (TPSA) is 52.0 Å². The molecule has 4 heteroatoms. The van der Waals surface area contributed by atoms with Gasteiger partial charge in [-0.25, -0.2) is 4.68 Å². The largest absolute Gasteiger partial charge is 0.303 e. The SMILES string of the molecule is CCC(C=O)c1ccnn(Cc2ccccc2)c1=O. The predicted molar refractivity (Wildman–Crippen MR) is 73.1 cm³/mol. The van der Waals surface area contributed by atoms with E-state index in [0.717, 1.165) is 11.8 Å². The van der Waals surface area contributed by atoms with Gasteiger partial charge in [-0.1, -0.05) is 37.3 Å². The zero-order valence-corrected chi connectivity index (χ0v) is 10.8. The maximum absolute atomic E-state index is 12.3. The van der Waals surface area contributed by atoms with Crippen molar-refractivity contribution < 1.29 is 4.79 Å². The van der Waals surface area contributed by atoms with E-state index in [1.165, 1.54) is 4.68 Å². The van der Waals surface area contributed by atoms with Gasteiger partial charge < -0.3 is 4.79 Å². The van der Waals surface area contributed by atoms with E-state index in [-0.39, 0.29) is 11.5 Å². The highest BCUT2D eigenvalue weighted by Crippen LogP contribution is 2.12. The first kappa shape index (κ1) is 13.2. The zero-order valence-electron chi connectivity index (χ0n) is 10.8. The summed E-state index contributed by atoms with van der Waals surface area (Å²) in [6, 6.07) is 11.3. The second-order valence-electron chi connectivity index (χ2n) is 4.39. The molecule has 0 spiro atoms. The van der Waals surface area contributed by atoms with Crippen molar-refractivity contribution in [2.45, 2.75) is 25.8 Å². The van der Waals surface area contributed by atoms with Crippen LogP contribution in [0.1, 0.15) is 30.4 Å². The van der Waals surface area contributed by atoms with Crippen molar-refractivity contribution >= 4 is 6.29 Å². The van der Waals surface area contributed by atoms with Crippen molar-refractivity contribution in [1.82, 2.24) is 9.78 Å². The number of benzene rings is 1. The third-order valence-electron chi connectivity index (χ3n) is 3.12. The van der Waals surface area contributed by atoms with Gasteiger partial charge in [0.15, 0.2) is 0 Å². The van der Waals surface area contributed by atoms with Gasteiger partial charge in [0.2, 0.25) is 0 Å². The van der Waals surface area contributed by atoms with E-state index in [2.05, 4.69) is 5.10 Å². The second kappa shape index (κ2) is 6.09. The van der Waals surface area contributed by atoms with Crippen LogP contribution >= 0.6 is 0 Å². The van der Waals surface area contributed by atoms with Crippen LogP contribution in [-0.4, -0.2) is 16.1 Å². The van der Waals surface area contributed by atoms with Crippen molar-refractivity contribution in [1.29, 1.82) is 0 Å². The van der Waals surface area contributed by atoms with E-state index in [1.54, 1.807) is 12.3 Å². The summed E-state index contributed by atoms with van der Waals surface area (Å²) >= 11 is 0. The number of nitrogens with zero attached hydrogens (tertiary/aromatic N) is 2. The Morgan fingerprint density at radius 2 is 2.00 bits per heavy atom. The number of hydrogen-bond donors (Lipinski definition) is 0. The summed E-state index contributed by atoms with van der Waals surface area (Å²) < 4.78 is 1.40. The van der Waals surface area contributed by atoms with Crippen molar-refractivity contribution in [3.8, 4) is 0 Å². The van der Waals surface area contributed by atoms with Crippen LogP contribution in [0.25, 0.3) is 0 Å². The number of hydrogen-bond acceptors (Lipinski definition) is 3. The Bertz CT molecular complexity index is 605. The zero-order chi connectivity index (χ0) is 13.7. The third kappa shape index (κ3) is 2.96. The molecule has 19 heavy (non-hydrogen) atoms. The molecule has 0 bridgehead atoms. The van der Waals surface area contributed by atoms with Gasteiger partial charge in [0.25, 0.3) is 5.56 Å². The summed E-state index contributed by atoms with van der Waals surface area (Å²) in [6.07, 6.45) is 3.02. The molecule has 0 saturated heterocycles. The van der Waals surface area contributed by atoms with E-state index < -0.39 is 0 Å². The molecule has 2 aromatic rings. The molecule has 0 N–H and O–H groups in total. The number of aldehydes is 1. The molecule has 0 aliphatic carbocycles. The summed E-state index contributed by atoms with van der Waals surface area (Å²) in [5.74, 6) is -0.350. The lowest BCUT2D eigenvalue weighted by atomic mass is 10.0. The maximum atomic E-state index is 12.3. The van der Waals surface area contributed by atoms with Gasteiger partial charge >= 0.3 is 0 Å². The molecule has 2 rings (SSSR count). The molecular formula is C15H16N2O2. The Morgan fingerprint density at radius 1 is 1.26 bits per heavy atom. The predicted octanol–water partition coefficient (Wildman–Crippen LogP) is 1.98. The molecule has 0 fully saturated rings. The van der Waals surface area contributed by atoms with Gasteiger partial charge in [-0.15, -0.1) is 0 Å². The van der Waals surface area contributed by atoms with Crippen molar-refractivity contribution in [3.63, 3.8) is 0 Å². The highest BCUT2D eigenvalue weighted by molar-refractivity contribution is 5.61. The minimum Gasteiger partial charge on any atom is -0.303 e. The first-order valence-electron chi connectivity index (χ1n) is 6.31. The van der Waals surface area contributed by atoms with Crippen LogP contribution < -0.4 is 5.56 Å². The van der Waals surface area contributed by atoms with E-state index >= 15 is 0 Å². The summed E-state index contributed by atoms with van der Waals surface area (Å²) in [7, 11) is 0. The average molecular weight is 256 g/mol. The minimum atomic E-state index is -0.350. The molecule has 0 saturated carbocycles. The Hall–Kier alpha value is -2.23. The summed E-state index contributed by atoms with van der Waals surface area (Å²) in [4.78, 5) is 23.3. The summed E-state index contributed by atoms with van der Waals surface area (Å²) in [6.45, 7) is 2.31. The fraction of sp³-hybridized carbons (Fsp3) is 0.267. The van der Waals surface area contributed by atoms with Crippen molar-refractivity contribution in [2.75, 3.05) is 0 Å². The fourth-order valence-electron chi connectivity index (χ4n) is 2.01. The molecule has 1 atom stereocenters. The van der Waals surface area contributed by atoms with Crippen LogP contribution in [0, 0.1) is 0 Å². The van der Waals surface area contributed by atoms with Crippen LogP contribution in [0.2, 0.25) is 0 Å². The quantitative estimate of drug-likeness (QED) is 0.769. The van der Waals surface area contributed by atoms with Crippen LogP contribution in [-0.2, 0) is 11.3 Å². The molecule has 0 radical (unpaired) electrons. The first-order valence-corrected chi connectivity index (χ1v) is 6.31. The van der Waals surface area contributed by atoms with Crippen LogP contribution in [0.5, 0.6) is 0 Å². The van der Waals surface area contributed by atoms with Crippen LogP contribution in [0.4, 0.5) is 0 Å². The Balaban J connectivity index is 2.35. The van der Waals surface area contributed by atoms with Crippen molar-refractivity contribution in [3.05, 3.63) is 64.1 Å². The van der Waals surface area contributed by atoms with E-state index in [4.69, 9.17) is 0 Å². The Kier molecular flexibility index (Phi) is 4.23. The monoisotopic (exact) mass is 256 g/mol. The Morgan fingerprint density at radius 3 is 2.63 bits per heavy atom. The lowest BCUT2D eigenvalue weighted by Crippen LogP contribution is -2.28. The maximum Gasteiger partial charge on any atom is 0.270 e. The lowest BCUT2D eigenvalue weighted by Gasteiger charge is -2.10. The van der Waals surface area contributed by atoms with Gasteiger partial charge in [-0.2, -0.15) is 5.10 Å². The molecule has 0 aliphatic heterocycles. The summed E-state index contributed by atoms with van der Waals surface area (Å²) in [5, 5.41) is 4.07. The van der Waals surface area contributed by atoms with Gasteiger partial charge in [0.1, 0.15) is 6.29 Å². The van der Waals surface area contributed by atoms with Crippen LogP contribution in [0.3, 0.4) is 0 Å². The molecule has 1 aromatic heterocycles.